The molecule has 7 heteroatoms. The van der Waals surface area contributed by atoms with Crippen LogP contribution < -0.4 is 5.56 Å². The van der Waals surface area contributed by atoms with Crippen molar-refractivity contribution >= 4 is 27.3 Å². The third-order valence-electron chi connectivity index (χ3n) is 5.20. The predicted molar refractivity (Wildman–Crippen MR) is 127 cm³/mol. The van der Waals surface area contributed by atoms with Crippen molar-refractivity contribution in [1.82, 2.24) is 14.8 Å². The lowest BCUT2D eigenvalue weighted by Crippen LogP contribution is -2.19. The number of nitrogens with one attached hydrogen (secondary N) is 1. The van der Waals surface area contributed by atoms with Crippen LogP contribution in [0.25, 0.3) is 26.6 Å². The van der Waals surface area contributed by atoms with Crippen LogP contribution in [-0.4, -0.2) is 20.5 Å². The summed E-state index contributed by atoms with van der Waals surface area (Å²) in [5.41, 5.74) is 4.19. The van der Waals surface area contributed by atoms with Gasteiger partial charge in [0.05, 0.1) is 28.0 Å². The molecule has 0 bridgehead atoms. The molecule has 158 valence electrons. The number of aliphatic imine (C=N–C) groups is 1. The molecule has 0 atom stereocenters. The minimum atomic E-state index is -0.287. The Hall–Kier alpha value is -3.84. The van der Waals surface area contributed by atoms with Crippen molar-refractivity contribution in [2.45, 2.75) is 13.5 Å². The first kappa shape index (κ1) is 20.1. The van der Waals surface area contributed by atoms with Gasteiger partial charge in [-0.2, -0.15) is 4.68 Å². The van der Waals surface area contributed by atoms with Crippen molar-refractivity contribution in [3.63, 3.8) is 0 Å². The predicted octanol–water partition coefficient (Wildman–Crippen LogP) is 5.59. The number of hydrogen-bond donors (Lipinski definition) is 1. The van der Waals surface area contributed by atoms with Crippen molar-refractivity contribution in [3.8, 4) is 16.4 Å². The lowest BCUT2D eigenvalue weighted by molar-refractivity contribution is 0.627. The SMILES string of the molecule is CC(=NCc1ccc(F)cc1)c1c(-c2ccccc2)[nH]n(-c2nc3ccccc3s2)c1=O. The topological polar surface area (TPSA) is 63.0 Å². The van der Waals surface area contributed by atoms with Crippen LogP contribution in [0.4, 0.5) is 4.39 Å². The van der Waals surface area contributed by atoms with E-state index in [1.165, 1.54) is 28.2 Å². The molecule has 0 aliphatic heterocycles. The summed E-state index contributed by atoms with van der Waals surface area (Å²) in [6, 6.07) is 23.7. The summed E-state index contributed by atoms with van der Waals surface area (Å²) in [6.45, 7) is 2.18. The number of para-hydroxylation sites is 1. The molecule has 5 rings (SSSR count). The van der Waals surface area contributed by atoms with E-state index in [0.29, 0.717) is 28.6 Å². The maximum absolute atomic E-state index is 13.5. The maximum Gasteiger partial charge on any atom is 0.283 e. The number of aromatic amines is 1. The molecule has 2 aromatic heterocycles. The standard InChI is InChI=1S/C25H19FN4OS/c1-16(27-15-17-11-13-19(26)14-12-17)22-23(18-7-3-2-4-8-18)29-30(24(22)31)25-28-20-9-5-6-10-21(20)32-25/h2-14,29H,15H2,1H3. The summed E-state index contributed by atoms with van der Waals surface area (Å²) >= 11 is 1.45. The lowest BCUT2D eigenvalue weighted by Gasteiger charge is -2.03. The van der Waals surface area contributed by atoms with Gasteiger partial charge in [0.1, 0.15) is 5.82 Å². The second-order valence-electron chi connectivity index (χ2n) is 7.36. The smallest absolute Gasteiger partial charge is 0.283 e. The molecule has 2 heterocycles. The van der Waals surface area contributed by atoms with Gasteiger partial charge in [0.15, 0.2) is 0 Å². The summed E-state index contributed by atoms with van der Waals surface area (Å²) in [5, 5.41) is 3.83. The molecule has 32 heavy (non-hydrogen) atoms. The molecule has 0 saturated carbocycles. The Labute approximate surface area is 187 Å². The van der Waals surface area contributed by atoms with Gasteiger partial charge in [0, 0.05) is 11.3 Å². The number of thiazole rings is 1. The Morgan fingerprint density at radius 2 is 1.75 bits per heavy atom. The summed E-state index contributed by atoms with van der Waals surface area (Å²) in [4.78, 5) is 22.8. The zero-order valence-electron chi connectivity index (χ0n) is 17.2. The average molecular weight is 443 g/mol. The molecule has 1 N–H and O–H groups in total. The highest BCUT2D eigenvalue weighted by atomic mass is 32.1. The minimum absolute atomic E-state index is 0.205. The number of fused-ring (bicyclic) bond motifs is 1. The second kappa shape index (κ2) is 8.36. The van der Waals surface area contributed by atoms with Gasteiger partial charge >= 0.3 is 0 Å². The fourth-order valence-corrected chi connectivity index (χ4v) is 4.48. The molecule has 0 amide bonds. The van der Waals surface area contributed by atoms with Gasteiger partial charge in [0.2, 0.25) is 5.13 Å². The molecule has 0 spiro atoms. The fourth-order valence-electron chi connectivity index (χ4n) is 3.56. The van der Waals surface area contributed by atoms with Gasteiger partial charge in [-0.25, -0.2) is 9.37 Å². The van der Waals surface area contributed by atoms with Gasteiger partial charge in [-0.3, -0.25) is 14.9 Å². The molecule has 0 saturated heterocycles. The van der Waals surface area contributed by atoms with Crippen LogP contribution in [0.2, 0.25) is 0 Å². The molecule has 0 fully saturated rings. The molecule has 5 aromatic rings. The zero-order valence-corrected chi connectivity index (χ0v) is 18.1. The van der Waals surface area contributed by atoms with Crippen LogP contribution in [0.3, 0.4) is 0 Å². The third kappa shape index (κ3) is 3.78. The Balaban J connectivity index is 1.62. The number of H-pyrrole nitrogens is 1. The Morgan fingerprint density at radius 1 is 1.03 bits per heavy atom. The summed E-state index contributed by atoms with van der Waals surface area (Å²) in [5.74, 6) is -0.287. The molecule has 0 unspecified atom stereocenters. The van der Waals surface area contributed by atoms with Gasteiger partial charge in [-0.1, -0.05) is 65.9 Å². The van der Waals surface area contributed by atoms with Crippen molar-refractivity contribution in [2.24, 2.45) is 4.99 Å². The summed E-state index contributed by atoms with van der Waals surface area (Å²) in [7, 11) is 0. The van der Waals surface area contributed by atoms with E-state index in [0.717, 1.165) is 21.3 Å². The average Bonchev–Trinajstić information content (AvgIpc) is 3.40. The molecular formula is C25H19FN4OS. The maximum atomic E-state index is 13.5. The highest BCUT2D eigenvalue weighted by Crippen LogP contribution is 2.26. The lowest BCUT2D eigenvalue weighted by atomic mass is 10.1. The Kier molecular flexibility index (Phi) is 5.25. The largest absolute Gasteiger partial charge is 0.288 e. The van der Waals surface area contributed by atoms with Gasteiger partial charge in [0.25, 0.3) is 5.56 Å². The van der Waals surface area contributed by atoms with Crippen LogP contribution in [0.5, 0.6) is 0 Å². The van der Waals surface area contributed by atoms with Crippen LogP contribution in [-0.2, 0) is 6.54 Å². The normalized spacial score (nSPS) is 11.9. The van der Waals surface area contributed by atoms with Gasteiger partial charge < -0.3 is 0 Å². The van der Waals surface area contributed by atoms with Crippen molar-refractivity contribution in [2.75, 3.05) is 0 Å². The zero-order chi connectivity index (χ0) is 22.1. The van der Waals surface area contributed by atoms with Crippen LogP contribution in [0.1, 0.15) is 18.1 Å². The summed E-state index contributed by atoms with van der Waals surface area (Å²) in [6.07, 6.45) is 0. The molecule has 5 nitrogen and oxygen atoms in total. The minimum Gasteiger partial charge on any atom is -0.288 e. The van der Waals surface area contributed by atoms with Crippen LogP contribution >= 0.6 is 11.3 Å². The molecular weight excluding hydrogens is 423 g/mol. The number of aromatic nitrogens is 3. The first-order chi connectivity index (χ1) is 15.6. The molecule has 0 aliphatic carbocycles. The number of rotatable bonds is 5. The molecule has 0 aliphatic rings. The Morgan fingerprint density at radius 3 is 2.50 bits per heavy atom. The number of halogens is 1. The monoisotopic (exact) mass is 442 g/mol. The van der Waals surface area contributed by atoms with Gasteiger partial charge in [-0.05, 0) is 36.8 Å². The van der Waals surface area contributed by atoms with E-state index < -0.39 is 0 Å². The van der Waals surface area contributed by atoms with Crippen molar-refractivity contribution < 1.29 is 4.39 Å². The summed E-state index contributed by atoms with van der Waals surface area (Å²) < 4.78 is 15.7. The van der Waals surface area contributed by atoms with E-state index >= 15 is 0 Å². The van der Waals surface area contributed by atoms with Crippen LogP contribution in [0, 0.1) is 5.82 Å². The number of benzene rings is 3. The van der Waals surface area contributed by atoms with Crippen molar-refractivity contribution in [3.05, 3.63) is 106 Å². The van der Waals surface area contributed by atoms with Gasteiger partial charge in [-0.15, -0.1) is 0 Å². The first-order valence-corrected chi connectivity index (χ1v) is 10.9. The van der Waals surface area contributed by atoms with E-state index in [-0.39, 0.29) is 11.4 Å². The van der Waals surface area contributed by atoms with E-state index in [1.807, 2.05) is 61.5 Å². The molecule has 0 radical (unpaired) electrons. The van der Waals surface area contributed by atoms with Crippen molar-refractivity contribution in [1.29, 1.82) is 0 Å². The number of nitrogens with zero attached hydrogens (tertiary/aromatic N) is 3. The Bertz CT molecular complexity index is 1450. The third-order valence-corrected chi connectivity index (χ3v) is 6.22. The highest BCUT2D eigenvalue weighted by Gasteiger charge is 2.20. The van der Waals surface area contributed by atoms with E-state index in [1.54, 1.807) is 12.1 Å². The van der Waals surface area contributed by atoms with Crippen LogP contribution in [0.15, 0.2) is 88.6 Å². The van der Waals surface area contributed by atoms with E-state index in [2.05, 4.69) is 15.1 Å². The first-order valence-electron chi connectivity index (χ1n) is 10.1. The second-order valence-corrected chi connectivity index (χ2v) is 8.37. The number of hydrogen-bond acceptors (Lipinski definition) is 4. The fraction of sp³-hybridized carbons (Fsp3) is 0.0800. The quantitative estimate of drug-likeness (QED) is 0.361. The van der Waals surface area contributed by atoms with E-state index in [9.17, 15) is 9.18 Å². The highest BCUT2D eigenvalue weighted by molar-refractivity contribution is 7.20. The molecule has 3 aromatic carbocycles. The van der Waals surface area contributed by atoms with E-state index in [4.69, 9.17) is 0 Å².